The number of rotatable bonds is 6. The highest BCUT2D eigenvalue weighted by atomic mass is 32.2. The van der Waals surface area contributed by atoms with Gasteiger partial charge in [-0.25, -0.2) is 13.1 Å². The first kappa shape index (κ1) is 14.0. The predicted molar refractivity (Wildman–Crippen MR) is 74.4 cm³/mol. The molecule has 0 unspecified atom stereocenters. The Morgan fingerprint density at radius 2 is 2.11 bits per heavy atom. The van der Waals surface area contributed by atoms with Gasteiger partial charge in [-0.1, -0.05) is 0 Å². The fourth-order valence-corrected chi connectivity index (χ4v) is 4.88. The molecule has 0 saturated heterocycles. The molecule has 0 aliphatic heterocycles. The molecule has 1 aromatic rings. The molecule has 1 aliphatic rings. The van der Waals surface area contributed by atoms with Crippen LogP contribution in [0.2, 0.25) is 0 Å². The fraction of sp³-hybridized carbons (Fsp3) is 0.667. The van der Waals surface area contributed by atoms with Crippen LogP contribution in [0, 0.1) is 6.92 Å². The van der Waals surface area contributed by atoms with Gasteiger partial charge >= 0.3 is 0 Å². The summed E-state index contributed by atoms with van der Waals surface area (Å²) >= 11 is 1.52. The summed E-state index contributed by atoms with van der Waals surface area (Å²) in [7, 11) is -3.38. The zero-order chi connectivity index (χ0) is 13.3. The number of thiophene rings is 1. The van der Waals surface area contributed by atoms with Crippen LogP contribution in [0.25, 0.3) is 0 Å². The third kappa shape index (κ3) is 3.32. The lowest BCUT2D eigenvalue weighted by Crippen LogP contribution is -2.31. The van der Waals surface area contributed by atoms with Gasteiger partial charge in [0.05, 0.1) is 0 Å². The first-order valence-electron chi connectivity index (χ1n) is 6.23. The molecule has 1 aromatic heterocycles. The molecule has 18 heavy (non-hydrogen) atoms. The van der Waals surface area contributed by atoms with E-state index in [1.54, 1.807) is 0 Å². The maximum atomic E-state index is 12.3. The van der Waals surface area contributed by atoms with Crippen LogP contribution in [-0.4, -0.2) is 20.5 Å². The third-order valence-corrected chi connectivity index (χ3v) is 5.90. The van der Waals surface area contributed by atoms with Crippen LogP contribution in [0.5, 0.6) is 0 Å². The van der Waals surface area contributed by atoms with Crippen LogP contribution >= 0.6 is 11.3 Å². The largest absolute Gasteiger partial charge is 0.309 e. The molecule has 1 heterocycles. The van der Waals surface area contributed by atoms with E-state index in [2.05, 4.69) is 10.0 Å². The Balaban J connectivity index is 2.21. The van der Waals surface area contributed by atoms with E-state index in [0.717, 1.165) is 10.4 Å². The van der Waals surface area contributed by atoms with Crippen molar-refractivity contribution in [3.63, 3.8) is 0 Å². The van der Waals surface area contributed by atoms with Crippen molar-refractivity contribution >= 4 is 21.4 Å². The van der Waals surface area contributed by atoms with Crippen LogP contribution in [0.1, 0.15) is 37.1 Å². The van der Waals surface area contributed by atoms with Crippen molar-refractivity contribution in [2.24, 2.45) is 0 Å². The lowest BCUT2D eigenvalue weighted by molar-refractivity contribution is 0.567. The number of hydrogen-bond acceptors (Lipinski definition) is 4. The van der Waals surface area contributed by atoms with Gasteiger partial charge in [0.15, 0.2) is 0 Å². The molecule has 1 fully saturated rings. The van der Waals surface area contributed by atoms with Crippen molar-refractivity contribution in [1.29, 1.82) is 0 Å². The molecule has 0 spiro atoms. The second kappa shape index (κ2) is 5.28. The second-order valence-electron chi connectivity index (χ2n) is 5.10. The average Bonchev–Trinajstić information content (AvgIpc) is 2.97. The van der Waals surface area contributed by atoms with Crippen molar-refractivity contribution in [1.82, 2.24) is 10.0 Å². The number of nitrogens with one attached hydrogen (secondary N) is 2. The van der Waals surface area contributed by atoms with E-state index in [9.17, 15) is 8.42 Å². The van der Waals surface area contributed by atoms with E-state index in [4.69, 9.17) is 0 Å². The van der Waals surface area contributed by atoms with Crippen molar-refractivity contribution in [3.05, 3.63) is 15.8 Å². The zero-order valence-corrected chi connectivity index (χ0v) is 12.6. The quantitative estimate of drug-likeness (QED) is 0.841. The van der Waals surface area contributed by atoms with E-state index < -0.39 is 10.0 Å². The summed E-state index contributed by atoms with van der Waals surface area (Å²) in [5, 5.41) is 5.29. The topological polar surface area (TPSA) is 58.2 Å². The minimum Gasteiger partial charge on any atom is -0.309 e. The highest BCUT2D eigenvalue weighted by Gasteiger charge is 2.26. The van der Waals surface area contributed by atoms with Gasteiger partial charge in [0, 0.05) is 23.5 Å². The summed E-state index contributed by atoms with van der Waals surface area (Å²) in [4.78, 5) is 1.38. The smallest absolute Gasteiger partial charge is 0.242 e. The van der Waals surface area contributed by atoms with Crippen LogP contribution in [0.3, 0.4) is 0 Å². The highest BCUT2D eigenvalue weighted by Crippen LogP contribution is 2.28. The van der Waals surface area contributed by atoms with Crippen LogP contribution < -0.4 is 10.0 Å². The number of sulfonamides is 1. The van der Waals surface area contributed by atoms with Gasteiger partial charge in [-0.05, 0) is 44.6 Å². The molecule has 0 bridgehead atoms. The average molecular weight is 288 g/mol. The normalized spacial score (nSPS) is 16.4. The van der Waals surface area contributed by atoms with Gasteiger partial charge in [0.2, 0.25) is 10.0 Å². The molecule has 0 aromatic carbocycles. The van der Waals surface area contributed by atoms with E-state index in [-0.39, 0.29) is 6.04 Å². The molecule has 0 amide bonds. The summed E-state index contributed by atoms with van der Waals surface area (Å²) in [6.45, 7) is 6.17. The van der Waals surface area contributed by atoms with Crippen molar-refractivity contribution in [2.45, 2.75) is 57.1 Å². The molecule has 1 saturated carbocycles. The molecule has 102 valence electrons. The van der Waals surface area contributed by atoms with Gasteiger partial charge in [-0.2, -0.15) is 0 Å². The molecule has 6 heteroatoms. The van der Waals surface area contributed by atoms with E-state index in [1.807, 2.05) is 26.2 Å². The Kier molecular flexibility index (Phi) is 4.11. The second-order valence-corrected chi connectivity index (χ2v) is 7.72. The lowest BCUT2D eigenvalue weighted by atomic mass is 10.3. The Morgan fingerprint density at radius 1 is 1.44 bits per heavy atom. The van der Waals surface area contributed by atoms with Crippen molar-refractivity contribution in [2.75, 3.05) is 0 Å². The Labute approximate surface area is 113 Å². The molecule has 0 atom stereocenters. The predicted octanol–water partition coefficient (Wildman–Crippen LogP) is 2.00. The third-order valence-electron chi connectivity index (χ3n) is 2.78. The van der Waals surface area contributed by atoms with E-state index >= 15 is 0 Å². The zero-order valence-electron chi connectivity index (χ0n) is 11.0. The van der Waals surface area contributed by atoms with Crippen molar-refractivity contribution in [3.8, 4) is 0 Å². The maximum Gasteiger partial charge on any atom is 0.242 e. The minimum atomic E-state index is -3.38. The van der Waals surface area contributed by atoms with Crippen molar-refractivity contribution < 1.29 is 8.42 Å². The van der Waals surface area contributed by atoms with Gasteiger partial charge in [-0.15, -0.1) is 11.3 Å². The van der Waals surface area contributed by atoms with Gasteiger partial charge < -0.3 is 5.32 Å². The molecular weight excluding hydrogens is 268 g/mol. The molecule has 2 rings (SSSR count). The Morgan fingerprint density at radius 3 is 2.67 bits per heavy atom. The van der Waals surface area contributed by atoms with E-state index in [1.165, 1.54) is 24.2 Å². The monoisotopic (exact) mass is 288 g/mol. The Bertz CT molecular complexity index is 516. The van der Waals surface area contributed by atoms with Crippen LogP contribution in [0.4, 0.5) is 0 Å². The lowest BCUT2D eigenvalue weighted by Gasteiger charge is -2.11. The maximum absolute atomic E-state index is 12.3. The fourth-order valence-electron chi connectivity index (χ4n) is 1.86. The van der Waals surface area contributed by atoms with Crippen LogP contribution in [0.15, 0.2) is 10.3 Å². The summed E-state index contributed by atoms with van der Waals surface area (Å²) in [6.07, 6.45) is 2.41. The summed E-state index contributed by atoms with van der Waals surface area (Å²) in [5.74, 6) is 0. The molecule has 4 nitrogen and oxygen atoms in total. The molecular formula is C12H20N2O2S2. The first-order valence-corrected chi connectivity index (χ1v) is 8.59. The first-order chi connectivity index (χ1) is 8.40. The van der Waals surface area contributed by atoms with Crippen LogP contribution in [-0.2, 0) is 16.6 Å². The van der Waals surface area contributed by atoms with Gasteiger partial charge in [0.1, 0.15) is 4.90 Å². The van der Waals surface area contributed by atoms with E-state index in [0.29, 0.717) is 17.5 Å². The summed E-state index contributed by atoms with van der Waals surface area (Å²) in [5.41, 5.74) is 0.834. The highest BCUT2D eigenvalue weighted by molar-refractivity contribution is 7.89. The molecule has 0 radical (unpaired) electrons. The Hall–Kier alpha value is -0.430. The summed E-state index contributed by atoms with van der Waals surface area (Å²) < 4.78 is 27.2. The molecule has 1 aliphatic carbocycles. The number of hydrogen-bond donors (Lipinski definition) is 2. The summed E-state index contributed by atoms with van der Waals surface area (Å²) in [6, 6.07) is 0.500. The molecule has 2 N–H and O–H groups in total. The number of aryl methyl sites for hydroxylation is 1. The standard InChI is InChI=1S/C12H20N2O2S2/c1-8(2)14-18(15,16)12-9(3)7-17-11(12)6-13-10-4-5-10/h7-8,10,13-14H,4-6H2,1-3H3. The van der Waals surface area contributed by atoms with Gasteiger partial charge in [-0.3, -0.25) is 0 Å². The SMILES string of the molecule is Cc1csc(CNC2CC2)c1S(=O)(=O)NC(C)C. The van der Waals surface area contributed by atoms with Gasteiger partial charge in [0.25, 0.3) is 0 Å². The minimum absolute atomic E-state index is 0.0847.